The first kappa shape index (κ1) is 7.03. The van der Waals surface area contributed by atoms with Gasteiger partial charge in [0.15, 0.2) is 0 Å². The van der Waals surface area contributed by atoms with Crippen molar-refractivity contribution in [1.29, 1.82) is 0 Å². The lowest BCUT2D eigenvalue weighted by molar-refractivity contribution is 0.0396. The molecule has 1 saturated carbocycles. The summed E-state index contributed by atoms with van der Waals surface area (Å²) in [6.07, 6.45) is 3.31. The number of aliphatic hydroxyl groups is 1. The van der Waals surface area contributed by atoms with E-state index in [-0.39, 0.29) is 6.10 Å². The maximum Gasteiger partial charge on any atom is 0.0545 e. The topological polar surface area (TPSA) is 32.3 Å². The molecule has 0 bridgehead atoms. The van der Waals surface area contributed by atoms with Crippen LogP contribution in [0, 0.1) is 5.92 Å². The molecule has 1 fully saturated rings. The van der Waals surface area contributed by atoms with Crippen LogP contribution in [0.15, 0.2) is 0 Å². The molecule has 0 heterocycles. The molecule has 54 valence electrons. The van der Waals surface area contributed by atoms with E-state index in [2.05, 4.69) is 5.32 Å². The molecule has 2 N–H and O–H groups in total. The van der Waals surface area contributed by atoms with Crippen molar-refractivity contribution in [2.24, 2.45) is 5.92 Å². The average Bonchev–Trinajstić information content (AvgIpc) is 1.78. The summed E-state index contributed by atoms with van der Waals surface area (Å²) in [5.74, 6) is 0.799. The fourth-order valence-corrected chi connectivity index (χ4v) is 1.28. The van der Waals surface area contributed by atoms with Crippen molar-refractivity contribution in [1.82, 2.24) is 5.32 Å². The van der Waals surface area contributed by atoms with Gasteiger partial charge in [-0.25, -0.2) is 0 Å². The standard InChI is InChI=1S/C7H15NO/c1-8-3-2-6-4-7(9)5-6/h6-9H,2-5H2,1H3. The molecule has 1 rings (SSSR count). The van der Waals surface area contributed by atoms with Crippen LogP contribution in [0.3, 0.4) is 0 Å². The molecule has 0 amide bonds. The van der Waals surface area contributed by atoms with Gasteiger partial charge in [0.25, 0.3) is 0 Å². The Kier molecular flexibility index (Phi) is 2.49. The molecule has 0 radical (unpaired) electrons. The highest BCUT2D eigenvalue weighted by molar-refractivity contribution is 4.78. The van der Waals surface area contributed by atoms with E-state index in [1.807, 2.05) is 7.05 Å². The van der Waals surface area contributed by atoms with Crippen molar-refractivity contribution in [3.05, 3.63) is 0 Å². The summed E-state index contributed by atoms with van der Waals surface area (Å²) in [6, 6.07) is 0. The zero-order valence-electron chi connectivity index (χ0n) is 5.93. The third-order valence-corrected chi connectivity index (χ3v) is 2.01. The van der Waals surface area contributed by atoms with E-state index in [0.29, 0.717) is 0 Å². The monoisotopic (exact) mass is 129 g/mol. The number of aliphatic hydroxyl groups excluding tert-OH is 1. The largest absolute Gasteiger partial charge is 0.393 e. The third-order valence-electron chi connectivity index (χ3n) is 2.01. The zero-order chi connectivity index (χ0) is 6.69. The van der Waals surface area contributed by atoms with Gasteiger partial charge in [0.05, 0.1) is 6.10 Å². The Morgan fingerprint density at radius 2 is 2.22 bits per heavy atom. The van der Waals surface area contributed by atoms with Crippen LogP contribution in [0.2, 0.25) is 0 Å². The molecule has 9 heavy (non-hydrogen) atoms. The van der Waals surface area contributed by atoms with Gasteiger partial charge in [0.1, 0.15) is 0 Å². The summed E-state index contributed by atoms with van der Waals surface area (Å²) < 4.78 is 0. The van der Waals surface area contributed by atoms with Crippen LogP contribution in [0.4, 0.5) is 0 Å². The van der Waals surface area contributed by atoms with Gasteiger partial charge >= 0.3 is 0 Å². The first-order chi connectivity index (χ1) is 4.33. The Hall–Kier alpha value is -0.0800. The van der Waals surface area contributed by atoms with Crippen molar-refractivity contribution < 1.29 is 5.11 Å². The van der Waals surface area contributed by atoms with Gasteiger partial charge in [0.2, 0.25) is 0 Å². The maximum atomic E-state index is 8.90. The van der Waals surface area contributed by atoms with Gasteiger partial charge in [-0.1, -0.05) is 0 Å². The quantitative estimate of drug-likeness (QED) is 0.577. The van der Waals surface area contributed by atoms with E-state index < -0.39 is 0 Å². The normalized spacial score (nSPS) is 34.0. The molecule has 0 aromatic rings. The number of rotatable bonds is 3. The van der Waals surface area contributed by atoms with Crippen LogP contribution in [-0.2, 0) is 0 Å². The second kappa shape index (κ2) is 3.18. The van der Waals surface area contributed by atoms with E-state index >= 15 is 0 Å². The van der Waals surface area contributed by atoms with E-state index in [0.717, 1.165) is 25.3 Å². The summed E-state index contributed by atoms with van der Waals surface area (Å²) >= 11 is 0. The lowest BCUT2D eigenvalue weighted by atomic mass is 9.80. The van der Waals surface area contributed by atoms with Gasteiger partial charge in [-0.05, 0) is 38.8 Å². The molecule has 1 aliphatic carbocycles. The van der Waals surface area contributed by atoms with E-state index in [9.17, 15) is 0 Å². The Bertz CT molecular complexity index is 79.0. The first-order valence-corrected chi connectivity index (χ1v) is 3.65. The fraction of sp³-hybridized carbons (Fsp3) is 1.00. The van der Waals surface area contributed by atoms with Crippen molar-refractivity contribution in [2.45, 2.75) is 25.4 Å². The molecule has 1 aliphatic rings. The van der Waals surface area contributed by atoms with Crippen LogP contribution >= 0.6 is 0 Å². The van der Waals surface area contributed by atoms with Crippen LogP contribution in [0.25, 0.3) is 0 Å². The van der Waals surface area contributed by atoms with Crippen LogP contribution in [-0.4, -0.2) is 24.8 Å². The first-order valence-electron chi connectivity index (χ1n) is 3.65. The summed E-state index contributed by atoms with van der Waals surface area (Å²) in [5, 5.41) is 12.0. The second-order valence-electron chi connectivity index (χ2n) is 2.88. The fourth-order valence-electron chi connectivity index (χ4n) is 1.28. The van der Waals surface area contributed by atoms with Crippen LogP contribution in [0.5, 0.6) is 0 Å². The van der Waals surface area contributed by atoms with Crippen molar-refractivity contribution in [2.75, 3.05) is 13.6 Å². The summed E-state index contributed by atoms with van der Waals surface area (Å²) in [5.41, 5.74) is 0. The van der Waals surface area contributed by atoms with Crippen LogP contribution in [0.1, 0.15) is 19.3 Å². The summed E-state index contributed by atoms with van der Waals surface area (Å²) in [6.45, 7) is 1.09. The molecule has 0 unspecified atom stereocenters. The molecular formula is C7H15NO. The van der Waals surface area contributed by atoms with Gasteiger partial charge in [0, 0.05) is 0 Å². The molecule has 2 nitrogen and oxygen atoms in total. The van der Waals surface area contributed by atoms with Crippen LogP contribution < -0.4 is 5.32 Å². The molecule has 0 saturated heterocycles. The Morgan fingerprint density at radius 1 is 1.56 bits per heavy atom. The number of nitrogens with one attached hydrogen (secondary N) is 1. The molecule has 0 aromatic carbocycles. The lowest BCUT2D eigenvalue weighted by Crippen LogP contribution is -2.30. The molecule has 0 spiro atoms. The van der Waals surface area contributed by atoms with E-state index in [1.54, 1.807) is 0 Å². The highest BCUT2D eigenvalue weighted by Crippen LogP contribution is 2.29. The number of hydrogen-bond donors (Lipinski definition) is 2. The van der Waals surface area contributed by atoms with Gasteiger partial charge in [-0.15, -0.1) is 0 Å². The molecule has 0 aliphatic heterocycles. The van der Waals surface area contributed by atoms with Crippen molar-refractivity contribution >= 4 is 0 Å². The summed E-state index contributed by atoms with van der Waals surface area (Å²) in [7, 11) is 1.97. The Balaban J connectivity index is 1.91. The smallest absolute Gasteiger partial charge is 0.0545 e. The van der Waals surface area contributed by atoms with Crippen molar-refractivity contribution in [3.63, 3.8) is 0 Å². The van der Waals surface area contributed by atoms with Crippen molar-refractivity contribution in [3.8, 4) is 0 Å². The van der Waals surface area contributed by atoms with Gasteiger partial charge in [-0.3, -0.25) is 0 Å². The maximum absolute atomic E-state index is 8.90. The third kappa shape index (κ3) is 1.95. The second-order valence-corrected chi connectivity index (χ2v) is 2.88. The predicted octanol–water partition coefficient (Wildman–Crippen LogP) is 0.367. The molecule has 2 heteroatoms. The zero-order valence-corrected chi connectivity index (χ0v) is 5.93. The minimum absolute atomic E-state index is 0.0202. The highest BCUT2D eigenvalue weighted by Gasteiger charge is 2.25. The number of hydrogen-bond acceptors (Lipinski definition) is 2. The minimum Gasteiger partial charge on any atom is -0.393 e. The lowest BCUT2D eigenvalue weighted by Gasteiger charge is -2.31. The highest BCUT2D eigenvalue weighted by atomic mass is 16.3. The van der Waals surface area contributed by atoms with E-state index in [1.165, 1.54) is 6.42 Å². The Labute approximate surface area is 56.3 Å². The van der Waals surface area contributed by atoms with Gasteiger partial charge in [-0.2, -0.15) is 0 Å². The molecule has 0 atom stereocenters. The summed E-state index contributed by atoms with van der Waals surface area (Å²) in [4.78, 5) is 0. The predicted molar refractivity (Wildman–Crippen MR) is 37.3 cm³/mol. The SMILES string of the molecule is CNCCC1CC(O)C1. The van der Waals surface area contributed by atoms with E-state index in [4.69, 9.17) is 5.11 Å². The van der Waals surface area contributed by atoms with Gasteiger partial charge < -0.3 is 10.4 Å². The Morgan fingerprint density at radius 3 is 2.67 bits per heavy atom. The average molecular weight is 129 g/mol. The molecular weight excluding hydrogens is 114 g/mol. The minimum atomic E-state index is 0.0202. The molecule has 0 aromatic heterocycles.